The van der Waals surface area contributed by atoms with Gasteiger partial charge in [-0.15, -0.1) is 0 Å². The Balaban J connectivity index is 1.46. The number of likely N-dealkylation sites (tertiary alicyclic amines) is 1. The van der Waals surface area contributed by atoms with Crippen molar-refractivity contribution in [3.05, 3.63) is 65.2 Å². The molecule has 140 valence electrons. The first-order valence-electron chi connectivity index (χ1n) is 9.63. The van der Waals surface area contributed by atoms with Crippen LogP contribution in [-0.2, 0) is 0 Å². The van der Waals surface area contributed by atoms with Crippen LogP contribution in [0, 0.1) is 0 Å². The third kappa shape index (κ3) is 5.73. The number of hydrogen-bond acceptors (Lipinski definition) is 3. The van der Waals surface area contributed by atoms with Gasteiger partial charge < -0.3 is 10.1 Å². The fourth-order valence-electron chi connectivity index (χ4n) is 3.57. The van der Waals surface area contributed by atoms with Gasteiger partial charge >= 0.3 is 0 Å². The highest BCUT2D eigenvalue weighted by atomic mass is 35.5. The Kier molecular flexibility index (Phi) is 7.36. The molecule has 3 rings (SSSR count). The van der Waals surface area contributed by atoms with Crippen molar-refractivity contribution in [3.63, 3.8) is 0 Å². The fourth-order valence-corrected chi connectivity index (χ4v) is 3.69. The van der Waals surface area contributed by atoms with Gasteiger partial charge in [-0.3, -0.25) is 4.90 Å². The number of para-hydroxylation sites is 1. The monoisotopic (exact) mass is 372 g/mol. The zero-order chi connectivity index (χ0) is 18.2. The summed E-state index contributed by atoms with van der Waals surface area (Å²) in [5.41, 5.74) is 1.28. The summed E-state index contributed by atoms with van der Waals surface area (Å²) in [6.07, 6.45) is 3.86. The molecule has 2 unspecified atom stereocenters. The Labute approximate surface area is 162 Å². The quantitative estimate of drug-likeness (QED) is 0.711. The van der Waals surface area contributed by atoms with Gasteiger partial charge in [0.15, 0.2) is 0 Å². The van der Waals surface area contributed by atoms with Crippen LogP contribution in [0.25, 0.3) is 0 Å². The van der Waals surface area contributed by atoms with Crippen molar-refractivity contribution >= 4 is 11.6 Å². The molecule has 1 heterocycles. The minimum Gasteiger partial charge on any atom is -0.492 e. The van der Waals surface area contributed by atoms with Gasteiger partial charge in [0.25, 0.3) is 0 Å². The van der Waals surface area contributed by atoms with Crippen molar-refractivity contribution in [1.82, 2.24) is 10.2 Å². The molecule has 0 saturated carbocycles. The summed E-state index contributed by atoms with van der Waals surface area (Å²) in [6.45, 7) is 6.12. The molecule has 0 amide bonds. The van der Waals surface area contributed by atoms with E-state index in [1.165, 1.54) is 31.4 Å². The van der Waals surface area contributed by atoms with Crippen LogP contribution in [0.1, 0.15) is 37.8 Å². The average Bonchev–Trinajstić information content (AvgIpc) is 2.68. The first-order chi connectivity index (χ1) is 12.7. The first kappa shape index (κ1) is 19.2. The SMILES string of the molecule is CC(NCC1CCCCN1CCOc1ccccc1)c1ccc(Cl)cc1. The van der Waals surface area contributed by atoms with Crippen molar-refractivity contribution in [2.45, 2.75) is 38.3 Å². The largest absolute Gasteiger partial charge is 0.492 e. The molecule has 0 aliphatic carbocycles. The maximum atomic E-state index is 5.99. The number of nitrogens with one attached hydrogen (secondary N) is 1. The van der Waals surface area contributed by atoms with Gasteiger partial charge in [-0.2, -0.15) is 0 Å². The molecule has 1 aliphatic rings. The Morgan fingerprint density at radius 1 is 1.12 bits per heavy atom. The first-order valence-corrected chi connectivity index (χ1v) is 10.0. The van der Waals surface area contributed by atoms with E-state index in [0.717, 1.165) is 30.5 Å². The summed E-state index contributed by atoms with van der Waals surface area (Å²) in [5, 5.41) is 4.49. The van der Waals surface area contributed by atoms with Crippen LogP contribution in [0.5, 0.6) is 5.75 Å². The number of rotatable bonds is 8. The normalized spacial score (nSPS) is 19.2. The molecule has 0 spiro atoms. The van der Waals surface area contributed by atoms with E-state index in [0.29, 0.717) is 12.1 Å². The topological polar surface area (TPSA) is 24.5 Å². The summed E-state index contributed by atoms with van der Waals surface area (Å²) in [4.78, 5) is 2.58. The van der Waals surface area contributed by atoms with E-state index in [-0.39, 0.29) is 0 Å². The summed E-state index contributed by atoms with van der Waals surface area (Å²) < 4.78 is 5.89. The van der Waals surface area contributed by atoms with Gasteiger partial charge in [-0.1, -0.05) is 48.4 Å². The second-order valence-corrected chi connectivity index (χ2v) is 7.47. The predicted octanol–water partition coefficient (Wildman–Crippen LogP) is 4.92. The summed E-state index contributed by atoms with van der Waals surface area (Å²) in [5.74, 6) is 0.954. The molecule has 1 fully saturated rings. The number of ether oxygens (including phenoxy) is 1. The van der Waals surface area contributed by atoms with Crippen LogP contribution in [-0.4, -0.2) is 37.2 Å². The van der Waals surface area contributed by atoms with Crippen LogP contribution in [0.4, 0.5) is 0 Å². The van der Waals surface area contributed by atoms with Crippen molar-refractivity contribution < 1.29 is 4.74 Å². The maximum absolute atomic E-state index is 5.99. The lowest BCUT2D eigenvalue weighted by molar-refractivity contribution is 0.120. The smallest absolute Gasteiger partial charge is 0.119 e. The Morgan fingerprint density at radius 3 is 2.65 bits per heavy atom. The Bertz CT molecular complexity index is 647. The maximum Gasteiger partial charge on any atom is 0.119 e. The molecular weight excluding hydrogens is 344 g/mol. The van der Waals surface area contributed by atoms with E-state index >= 15 is 0 Å². The molecule has 0 radical (unpaired) electrons. The van der Waals surface area contributed by atoms with Gasteiger partial charge in [0.1, 0.15) is 12.4 Å². The molecule has 3 nitrogen and oxygen atoms in total. The van der Waals surface area contributed by atoms with Gasteiger partial charge in [0.2, 0.25) is 0 Å². The lowest BCUT2D eigenvalue weighted by atomic mass is 10.0. The number of benzene rings is 2. The molecule has 1 saturated heterocycles. The van der Waals surface area contributed by atoms with E-state index < -0.39 is 0 Å². The highest BCUT2D eigenvalue weighted by Crippen LogP contribution is 2.19. The van der Waals surface area contributed by atoms with Crippen LogP contribution in [0.15, 0.2) is 54.6 Å². The molecule has 2 atom stereocenters. The molecule has 1 aliphatic heterocycles. The second kappa shape index (κ2) is 9.96. The molecule has 0 bridgehead atoms. The predicted molar refractivity (Wildman–Crippen MR) is 109 cm³/mol. The minimum absolute atomic E-state index is 0.330. The zero-order valence-electron chi connectivity index (χ0n) is 15.5. The third-order valence-electron chi connectivity index (χ3n) is 5.17. The molecule has 0 aromatic heterocycles. The van der Waals surface area contributed by atoms with Crippen LogP contribution in [0.3, 0.4) is 0 Å². The van der Waals surface area contributed by atoms with Crippen molar-refractivity contribution in [1.29, 1.82) is 0 Å². The summed E-state index contributed by atoms with van der Waals surface area (Å²) in [7, 11) is 0. The highest BCUT2D eigenvalue weighted by molar-refractivity contribution is 6.30. The minimum atomic E-state index is 0.330. The Morgan fingerprint density at radius 2 is 1.88 bits per heavy atom. The third-order valence-corrected chi connectivity index (χ3v) is 5.42. The van der Waals surface area contributed by atoms with E-state index in [1.54, 1.807) is 0 Å². The zero-order valence-corrected chi connectivity index (χ0v) is 16.3. The standard InChI is InChI=1S/C22H29ClN2O/c1-18(19-10-12-20(23)13-11-19)24-17-21-7-5-6-14-25(21)15-16-26-22-8-3-2-4-9-22/h2-4,8-13,18,21,24H,5-7,14-17H2,1H3. The van der Waals surface area contributed by atoms with E-state index in [9.17, 15) is 0 Å². The molecule has 26 heavy (non-hydrogen) atoms. The van der Waals surface area contributed by atoms with Gasteiger partial charge in [0, 0.05) is 30.2 Å². The number of nitrogens with zero attached hydrogens (tertiary/aromatic N) is 1. The van der Waals surface area contributed by atoms with Crippen molar-refractivity contribution in [2.75, 3.05) is 26.2 Å². The van der Waals surface area contributed by atoms with Gasteiger partial charge in [-0.25, -0.2) is 0 Å². The lowest BCUT2D eigenvalue weighted by Gasteiger charge is -2.36. The lowest BCUT2D eigenvalue weighted by Crippen LogP contribution is -2.47. The highest BCUT2D eigenvalue weighted by Gasteiger charge is 2.22. The number of halogens is 1. The van der Waals surface area contributed by atoms with Crippen LogP contribution < -0.4 is 10.1 Å². The van der Waals surface area contributed by atoms with E-state index in [4.69, 9.17) is 16.3 Å². The summed E-state index contributed by atoms with van der Waals surface area (Å²) >= 11 is 5.99. The van der Waals surface area contributed by atoms with Crippen molar-refractivity contribution in [3.8, 4) is 5.75 Å². The Hall–Kier alpha value is -1.55. The second-order valence-electron chi connectivity index (χ2n) is 7.03. The molecule has 2 aromatic rings. The molecule has 1 N–H and O–H groups in total. The van der Waals surface area contributed by atoms with Gasteiger partial charge in [0.05, 0.1) is 0 Å². The van der Waals surface area contributed by atoms with Crippen molar-refractivity contribution in [2.24, 2.45) is 0 Å². The van der Waals surface area contributed by atoms with Crippen LogP contribution >= 0.6 is 11.6 Å². The van der Waals surface area contributed by atoms with Gasteiger partial charge in [-0.05, 0) is 56.1 Å². The fraction of sp³-hybridized carbons (Fsp3) is 0.455. The van der Waals surface area contributed by atoms with E-state index in [1.807, 2.05) is 42.5 Å². The number of hydrogen-bond donors (Lipinski definition) is 1. The average molecular weight is 373 g/mol. The molecule has 2 aromatic carbocycles. The molecule has 4 heteroatoms. The molecular formula is C22H29ClN2O. The van der Waals surface area contributed by atoms with Crippen LogP contribution in [0.2, 0.25) is 5.02 Å². The number of piperidine rings is 1. The van der Waals surface area contributed by atoms with E-state index in [2.05, 4.69) is 29.3 Å². The summed E-state index contributed by atoms with van der Waals surface area (Å²) in [6, 6.07) is 19.1.